The van der Waals surface area contributed by atoms with E-state index in [2.05, 4.69) is 15.0 Å². The Morgan fingerprint density at radius 3 is 2.76 bits per heavy atom. The van der Waals surface area contributed by atoms with Crippen molar-refractivity contribution in [2.45, 2.75) is 19.9 Å². The van der Waals surface area contributed by atoms with Crippen LogP contribution in [0.5, 0.6) is 0 Å². The number of nitrogens with zero attached hydrogens (tertiary/aromatic N) is 1. The Bertz CT molecular complexity index is 441. The summed E-state index contributed by atoms with van der Waals surface area (Å²) >= 11 is 1.24. The van der Waals surface area contributed by atoms with Crippen molar-refractivity contribution in [3.05, 3.63) is 16.1 Å². The molecule has 0 atom stereocenters. The van der Waals surface area contributed by atoms with Gasteiger partial charge in [-0.1, -0.05) is 0 Å². The van der Waals surface area contributed by atoms with Crippen LogP contribution in [0.15, 0.2) is 5.38 Å². The van der Waals surface area contributed by atoms with E-state index in [-0.39, 0.29) is 30.3 Å². The highest BCUT2D eigenvalue weighted by molar-refractivity contribution is 7.09. The molecule has 0 spiro atoms. The minimum absolute atomic E-state index is 0.144. The van der Waals surface area contributed by atoms with Crippen LogP contribution in [0.2, 0.25) is 0 Å². The second kappa shape index (κ2) is 6.09. The van der Waals surface area contributed by atoms with Gasteiger partial charge in [0.1, 0.15) is 10.8 Å². The number of hydrogen-bond donors (Lipinski definition) is 1. The molecule has 17 heavy (non-hydrogen) atoms. The van der Waals surface area contributed by atoms with Crippen LogP contribution in [0, 0.1) is 0 Å². The van der Waals surface area contributed by atoms with E-state index in [1.807, 2.05) is 0 Å². The second-order valence-corrected chi connectivity index (χ2v) is 4.22. The molecular weight excluding hydrogens is 244 g/mol. The summed E-state index contributed by atoms with van der Waals surface area (Å²) < 4.78 is 4.50. The van der Waals surface area contributed by atoms with Crippen LogP contribution in [0.25, 0.3) is 0 Å². The maximum Gasteiger partial charge on any atom is 0.357 e. The molecule has 0 fully saturated rings. The zero-order valence-electron chi connectivity index (χ0n) is 9.48. The van der Waals surface area contributed by atoms with Gasteiger partial charge in [-0.3, -0.25) is 9.59 Å². The molecule has 0 aliphatic carbocycles. The predicted octanol–water partition coefficient (Wildman–Crippen LogP) is 0.525. The first-order valence-corrected chi connectivity index (χ1v) is 5.69. The molecule has 0 unspecified atom stereocenters. The highest BCUT2D eigenvalue weighted by Crippen LogP contribution is 2.10. The molecule has 0 bridgehead atoms. The number of esters is 1. The average Bonchev–Trinajstić information content (AvgIpc) is 2.73. The summed E-state index contributed by atoms with van der Waals surface area (Å²) in [6.45, 7) is 1.55. The molecule has 1 heterocycles. The maximum absolute atomic E-state index is 11.2. The summed E-state index contributed by atoms with van der Waals surface area (Å²) in [5.74, 6) is -1.06. The largest absolute Gasteiger partial charge is 0.464 e. The Hall–Kier alpha value is -1.76. The zero-order valence-corrected chi connectivity index (χ0v) is 10.3. The third kappa shape index (κ3) is 4.31. The lowest BCUT2D eigenvalue weighted by atomic mass is 10.3. The molecular formula is C10H12N2O4S. The molecule has 0 saturated heterocycles. The Morgan fingerprint density at radius 1 is 1.47 bits per heavy atom. The molecule has 1 aromatic heterocycles. The van der Waals surface area contributed by atoms with Crippen LogP contribution in [0.3, 0.4) is 0 Å². The average molecular weight is 256 g/mol. The molecule has 7 heteroatoms. The van der Waals surface area contributed by atoms with Gasteiger partial charge in [-0.25, -0.2) is 9.78 Å². The minimum Gasteiger partial charge on any atom is -0.464 e. The van der Waals surface area contributed by atoms with Gasteiger partial charge in [-0.2, -0.15) is 0 Å². The number of hydrogen-bond acceptors (Lipinski definition) is 6. The van der Waals surface area contributed by atoms with Gasteiger partial charge in [-0.15, -0.1) is 11.3 Å². The van der Waals surface area contributed by atoms with Crippen molar-refractivity contribution in [3.8, 4) is 0 Å². The van der Waals surface area contributed by atoms with Crippen LogP contribution >= 0.6 is 11.3 Å². The summed E-state index contributed by atoms with van der Waals surface area (Å²) in [5, 5.41) is 4.68. The minimum atomic E-state index is -0.512. The van der Waals surface area contributed by atoms with Crippen molar-refractivity contribution in [3.63, 3.8) is 0 Å². The van der Waals surface area contributed by atoms with Gasteiger partial charge in [0.15, 0.2) is 5.69 Å². The van der Waals surface area contributed by atoms with E-state index < -0.39 is 5.97 Å². The Labute approximate surface area is 102 Å². The maximum atomic E-state index is 11.2. The number of carbonyl (C=O) groups is 3. The van der Waals surface area contributed by atoms with E-state index in [0.29, 0.717) is 5.01 Å². The number of amides is 1. The van der Waals surface area contributed by atoms with Crippen LogP contribution in [0.4, 0.5) is 0 Å². The summed E-state index contributed by atoms with van der Waals surface area (Å²) in [4.78, 5) is 36.9. The van der Waals surface area contributed by atoms with Crippen LogP contribution in [-0.4, -0.2) is 29.8 Å². The predicted molar refractivity (Wildman–Crippen MR) is 60.6 cm³/mol. The highest BCUT2D eigenvalue weighted by atomic mass is 32.1. The molecule has 0 aliphatic heterocycles. The van der Waals surface area contributed by atoms with Crippen molar-refractivity contribution >= 4 is 29.0 Å². The summed E-state index contributed by atoms with van der Waals surface area (Å²) in [6.07, 6.45) is -0.144. The van der Waals surface area contributed by atoms with Crippen molar-refractivity contribution in [2.24, 2.45) is 0 Å². The fourth-order valence-electron chi connectivity index (χ4n) is 1.05. The van der Waals surface area contributed by atoms with Gasteiger partial charge in [0.05, 0.1) is 20.1 Å². The molecule has 1 aromatic rings. The SMILES string of the molecule is COC(=O)c1csc(CNC(=O)CC(C)=O)n1. The number of thiazole rings is 1. The number of ether oxygens (including phenoxy) is 1. The lowest BCUT2D eigenvalue weighted by Crippen LogP contribution is -2.24. The van der Waals surface area contributed by atoms with Crippen LogP contribution in [-0.2, 0) is 20.9 Å². The summed E-state index contributed by atoms with van der Waals surface area (Å²) in [6, 6.07) is 0. The molecule has 0 aliphatic rings. The molecule has 0 saturated carbocycles. The number of aromatic nitrogens is 1. The topological polar surface area (TPSA) is 85.4 Å². The van der Waals surface area contributed by atoms with Gasteiger partial charge in [0.2, 0.25) is 5.91 Å². The lowest BCUT2D eigenvalue weighted by Gasteiger charge is -2.00. The molecule has 1 rings (SSSR count). The fourth-order valence-corrected chi connectivity index (χ4v) is 1.76. The van der Waals surface area contributed by atoms with Gasteiger partial charge >= 0.3 is 5.97 Å². The first-order chi connectivity index (χ1) is 8.02. The Kier molecular flexibility index (Phi) is 4.77. The number of ketones is 1. The number of Topliss-reactive ketones (excluding diaryl/α,β-unsaturated/α-hetero) is 1. The quantitative estimate of drug-likeness (QED) is 0.613. The standard InChI is InChI=1S/C10H12N2O4S/c1-6(13)3-8(14)11-4-9-12-7(5-17-9)10(15)16-2/h5H,3-4H2,1-2H3,(H,11,14). The van der Waals surface area contributed by atoms with Gasteiger partial charge in [0, 0.05) is 5.38 Å². The molecule has 92 valence electrons. The number of rotatable bonds is 5. The molecule has 1 N–H and O–H groups in total. The zero-order chi connectivity index (χ0) is 12.8. The first kappa shape index (κ1) is 13.3. The van der Waals surface area contributed by atoms with E-state index in [1.54, 1.807) is 5.38 Å². The van der Waals surface area contributed by atoms with Gasteiger partial charge in [-0.05, 0) is 6.92 Å². The van der Waals surface area contributed by atoms with Crippen molar-refractivity contribution < 1.29 is 19.1 Å². The first-order valence-electron chi connectivity index (χ1n) is 4.81. The normalized spacial score (nSPS) is 9.76. The molecule has 0 aromatic carbocycles. The summed E-state index contributed by atoms with van der Waals surface area (Å²) in [7, 11) is 1.27. The van der Waals surface area contributed by atoms with E-state index in [1.165, 1.54) is 25.4 Å². The molecule has 1 amide bonds. The Balaban J connectivity index is 2.47. The van der Waals surface area contributed by atoms with E-state index in [4.69, 9.17) is 0 Å². The third-order valence-electron chi connectivity index (χ3n) is 1.79. The van der Waals surface area contributed by atoms with Gasteiger partial charge < -0.3 is 10.1 Å². The van der Waals surface area contributed by atoms with Crippen molar-refractivity contribution in [1.29, 1.82) is 0 Å². The van der Waals surface area contributed by atoms with E-state index in [9.17, 15) is 14.4 Å². The summed E-state index contributed by atoms with van der Waals surface area (Å²) in [5.41, 5.74) is 0.216. The molecule has 6 nitrogen and oxygen atoms in total. The van der Waals surface area contributed by atoms with Crippen LogP contribution < -0.4 is 5.32 Å². The molecule has 0 radical (unpaired) electrons. The van der Waals surface area contributed by atoms with E-state index >= 15 is 0 Å². The lowest BCUT2D eigenvalue weighted by molar-refractivity contribution is -0.127. The number of carbonyl (C=O) groups excluding carboxylic acids is 3. The van der Waals surface area contributed by atoms with Crippen LogP contribution in [0.1, 0.15) is 28.8 Å². The van der Waals surface area contributed by atoms with E-state index in [0.717, 1.165) is 0 Å². The monoisotopic (exact) mass is 256 g/mol. The van der Waals surface area contributed by atoms with Crippen molar-refractivity contribution in [2.75, 3.05) is 7.11 Å². The van der Waals surface area contributed by atoms with Crippen molar-refractivity contribution in [1.82, 2.24) is 10.3 Å². The number of methoxy groups -OCH3 is 1. The van der Waals surface area contributed by atoms with Gasteiger partial charge in [0.25, 0.3) is 0 Å². The number of nitrogens with one attached hydrogen (secondary N) is 1. The second-order valence-electron chi connectivity index (χ2n) is 3.27. The smallest absolute Gasteiger partial charge is 0.357 e. The Morgan fingerprint density at radius 2 is 2.18 bits per heavy atom. The fraction of sp³-hybridized carbons (Fsp3) is 0.400. The third-order valence-corrected chi connectivity index (χ3v) is 2.64. The highest BCUT2D eigenvalue weighted by Gasteiger charge is 2.11.